The molecule has 0 spiro atoms. The van der Waals surface area contributed by atoms with Crippen molar-refractivity contribution in [3.8, 4) is 0 Å². The van der Waals surface area contributed by atoms with E-state index in [0.29, 0.717) is 13.1 Å². The summed E-state index contributed by atoms with van der Waals surface area (Å²) in [5.74, 6) is -1.66. The van der Waals surface area contributed by atoms with Gasteiger partial charge in [-0.2, -0.15) is 0 Å². The van der Waals surface area contributed by atoms with Crippen LogP contribution in [-0.4, -0.2) is 49.3 Å². The molecule has 0 saturated carbocycles. The van der Waals surface area contributed by atoms with Gasteiger partial charge in [0.1, 0.15) is 6.04 Å². The standard InChI is InChI=1S/C7H12N2O4/c10-6(11)4-13-7(12)5-3-8-1-2-9-5/h5,8-9H,1-4H2,(H,10,11). The molecule has 6 heteroatoms. The number of hydrogen-bond acceptors (Lipinski definition) is 5. The minimum Gasteiger partial charge on any atom is -0.479 e. The lowest BCUT2D eigenvalue weighted by Crippen LogP contribution is -2.53. The Morgan fingerprint density at radius 3 is 2.77 bits per heavy atom. The van der Waals surface area contributed by atoms with Crippen LogP contribution in [0.4, 0.5) is 0 Å². The molecule has 0 radical (unpaired) electrons. The number of nitrogens with one attached hydrogen (secondary N) is 2. The molecule has 1 heterocycles. The summed E-state index contributed by atoms with van der Waals surface area (Å²) in [6.07, 6.45) is 0. The molecule has 1 unspecified atom stereocenters. The van der Waals surface area contributed by atoms with E-state index in [-0.39, 0.29) is 0 Å². The molecule has 1 atom stereocenters. The Labute approximate surface area is 75.3 Å². The lowest BCUT2D eigenvalue weighted by Gasteiger charge is -2.22. The van der Waals surface area contributed by atoms with E-state index < -0.39 is 24.6 Å². The number of piperazine rings is 1. The highest BCUT2D eigenvalue weighted by molar-refractivity contribution is 5.79. The van der Waals surface area contributed by atoms with E-state index in [2.05, 4.69) is 15.4 Å². The SMILES string of the molecule is O=C(O)COC(=O)C1CNCCN1. The van der Waals surface area contributed by atoms with Crippen molar-refractivity contribution in [1.29, 1.82) is 0 Å². The normalized spacial score (nSPS) is 22.3. The highest BCUT2D eigenvalue weighted by Crippen LogP contribution is 1.91. The molecule has 1 fully saturated rings. The van der Waals surface area contributed by atoms with Crippen molar-refractivity contribution in [1.82, 2.24) is 10.6 Å². The summed E-state index contributed by atoms with van der Waals surface area (Å²) in [6.45, 7) is 1.41. The monoisotopic (exact) mass is 188 g/mol. The van der Waals surface area contributed by atoms with Crippen LogP contribution < -0.4 is 10.6 Å². The largest absolute Gasteiger partial charge is 0.479 e. The van der Waals surface area contributed by atoms with Gasteiger partial charge in [0.25, 0.3) is 0 Å². The second-order valence-electron chi connectivity index (χ2n) is 2.71. The van der Waals surface area contributed by atoms with Crippen LogP contribution in [0.15, 0.2) is 0 Å². The van der Waals surface area contributed by atoms with Crippen LogP contribution in [0.2, 0.25) is 0 Å². The first-order valence-corrected chi connectivity index (χ1v) is 4.02. The van der Waals surface area contributed by atoms with Gasteiger partial charge in [0.2, 0.25) is 0 Å². The van der Waals surface area contributed by atoms with Crippen molar-refractivity contribution in [3.05, 3.63) is 0 Å². The Morgan fingerprint density at radius 1 is 1.46 bits per heavy atom. The Hall–Kier alpha value is -1.14. The third-order valence-electron chi connectivity index (χ3n) is 1.66. The van der Waals surface area contributed by atoms with E-state index in [1.54, 1.807) is 0 Å². The van der Waals surface area contributed by atoms with E-state index in [4.69, 9.17) is 5.11 Å². The van der Waals surface area contributed by atoms with Gasteiger partial charge >= 0.3 is 11.9 Å². The first-order valence-electron chi connectivity index (χ1n) is 4.02. The predicted octanol–water partition coefficient (Wildman–Crippen LogP) is -1.82. The molecule has 1 aliphatic heterocycles. The first kappa shape index (κ1) is 9.94. The minimum atomic E-state index is -1.14. The second kappa shape index (κ2) is 4.78. The van der Waals surface area contributed by atoms with Gasteiger partial charge in [-0.25, -0.2) is 4.79 Å². The van der Waals surface area contributed by atoms with Crippen molar-refractivity contribution in [2.24, 2.45) is 0 Å². The number of carbonyl (C=O) groups excluding carboxylic acids is 1. The van der Waals surface area contributed by atoms with Gasteiger partial charge in [-0.05, 0) is 0 Å². The molecule has 13 heavy (non-hydrogen) atoms. The maximum Gasteiger partial charge on any atom is 0.341 e. The molecular weight excluding hydrogens is 176 g/mol. The quantitative estimate of drug-likeness (QED) is 0.452. The molecule has 0 aliphatic carbocycles. The number of rotatable bonds is 3. The Bertz CT molecular complexity index is 201. The summed E-state index contributed by atoms with van der Waals surface area (Å²) in [5, 5.41) is 14.2. The lowest BCUT2D eigenvalue weighted by atomic mass is 10.2. The topological polar surface area (TPSA) is 87.7 Å². The van der Waals surface area contributed by atoms with Gasteiger partial charge in [-0.1, -0.05) is 0 Å². The maximum atomic E-state index is 11.1. The smallest absolute Gasteiger partial charge is 0.341 e. The molecule has 74 valence electrons. The van der Waals surface area contributed by atoms with Crippen molar-refractivity contribution < 1.29 is 19.4 Å². The maximum absolute atomic E-state index is 11.1. The van der Waals surface area contributed by atoms with Crippen LogP contribution in [0.1, 0.15) is 0 Å². The summed E-state index contributed by atoms with van der Waals surface area (Å²) in [5.41, 5.74) is 0. The molecule has 3 N–H and O–H groups in total. The highest BCUT2D eigenvalue weighted by Gasteiger charge is 2.21. The number of ether oxygens (including phenoxy) is 1. The highest BCUT2D eigenvalue weighted by atomic mass is 16.6. The summed E-state index contributed by atoms with van der Waals surface area (Å²) in [4.78, 5) is 21.2. The molecule has 0 aromatic rings. The number of carbonyl (C=O) groups is 2. The van der Waals surface area contributed by atoms with Crippen LogP contribution in [-0.2, 0) is 14.3 Å². The average Bonchev–Trinajstić information content (AvgIpc) is 2.15. The third-order valence-corrected chi connectivity index (χ3v) is 1.66. The van der Waals surface area contributed by atoms with Crippen LogP contribution in [0.5, 0.6) is 0 Å². The number of carboxylic acids is 1. The van der Waals surface area contributed by atoms with Crippen molar-refractivity contribution in [2.45, 2.75) is 6.04 Å². The zero-order valence-electron chi connectivity index (χ0n) is 7.08. The molecular formula is C7H12N2O4. The second-order valence-corrected chi connectivity index (χ2v) is 2.71. The fourth-order valence-electron chi connectivity index (χ4n) is 1.05. The van der Waals surface area contributed by atoms with Gasteiger partial charge in [0.05, 0.1) is 0 Å². The van der Waals surface area contributed by atoms with Gasteiger partial charge in [-0.15, -0.1) is 0 Å². The number of aliphatic carboxylic acids is 1. The summed E-state index contributed by atoms with van der Waals surface area (Å²) in [6, 6.07) is -0.423. The Balaban J connectivity index is 2.25. The van der Waals surface area contributed by atoms with Crippen LogP contribution in [0.25, 0.3) is 0 Å². The Kier molecular flexibility index (Phi) is 3.66. The lowest BCUT2D eigenvalue weighted by molar-refractivity contribution is -0.156. The molecule has 0 bridgehead atoms. The van der Waals surface area contributed by atoms with Gasteiger partial charge in [0.15, 0.2) is 6.61 Å². The van der Waals surface area contributed by atoms with Crippen LogP contribution in [0, 0.1) is 0 Å². The number of hydrogen-bond donors (Lipinski definition) is 3. The van der Waals surface area contributed by atoms with E-state index >= 15 is 0 Å². The van der Waals surface area contributed by atoms with Gasteiger partial charge in [-0.3, -0.25) is 4.79 Å². The summed E-state index contributed by atoms with van der Waals surface area (Å²) in [7, 11) is 0. The Morgan fingerprint density at radius 2 is 2.23 bits per heavy atom. The predicted molar refractivity (Wildman–Crippen MR) is 43.3 cm³/mol. The molecule has 1 saturated heterocycles. The van der Waals surface area contributed by atoms with E-state index in [1.165, 1.54) is 0 Å². The van der Waals surface area contributed by atoms with E-state index in [9.17, 15) is 9.59 Å². The fraction of sp³-hybridized carbons (Fsp3) is 0.714. The summed E-state index contributed by atoms with van der Waals surface area (Å²) >= 11 is 0. The third kappa shape index (κ3) is 3.39. The molecule has 0 aromatic carbocycles. The minimum absolute atomic E-state index is 0.423. The van der Waals surface area contributed by atoms with Crippen LogP contribution in [0.3, 0.4) is 0 Å². The summed E-state index contributed by atoms with van der Waals surface area (Å²) < 4.78 is 4.50. The van der Waals surface area contributed by atoms with Crippen molar-refractivity contribution in [2.75, 3.05) is 26.2 Å². The molecule has 1 rings (SSSR count). The van der Waals surface area contributed by atoms with E-state index in [1.807, 2.05) is 0 Å². The molecule has 1 aliphatic rings. The van der Waals surface area contributed by atoms with Crippen LogP contribution >= 0.6 is 0 Å². The zero-order chi connectivity index (χ0) is 9.68. The molecule has 0 amide bonds. The van der Waals surface area contributed by atoms with Crippen molar-refractivity contribution in [3.63, 3.8) is 0 Å². The zero-order valence-corrected chi connectivity index (χ0v) is 7.08. The number of esters is 1. The van der Waals surface area contributed by atoms with Gasteiger partial charge < -0.3 is 20.5 Å². The van der Waals surface area contributed by atoms with E-state index in [0.717, 1.165) is 6.54 Å². The molecule has 0 aromatic heterocycles. The van der Waals surface area contributed by atoms with Crippen molar-refractivity contribution >= 4 is 11.9 Å². The molecule has 6 nitrogen and oxygen atoms in total. The van der Waals surface area contributed by atoms with Gasteiger partial charge in [0, 0.05) is 19.6 Å². The first-order chi connectivity index (χ1) is 6.20. The number of carboxylic acid groups (broad SMARTS) is 1. The fourth-order valence-corrected chi connectivity index (χ4v) is 1.05. The average molecular weight is 188 g/mol.